The average molecular weight is 154 g/mol. The topological polar surface area (TPSA) is 55.1 Å². The maximum Gasteiger partial charge on any atom is 0.246 e. The lowest BCUT2D eigenvalue weighted by Crippen LogP contribution is -2.50. The van der Waals surface area contributed by atoms with Crippen LogP contribution < -0.4 is 11.1 Å². The van der Waals surface area contributed by atoms with E-state index >= 15 is 0 Å². The smallest absolute Gasteiger partial charge is 0.246 e. The van der Waals surface area contributed by atoms with Crippen LogP contribution in [0.3, 0.4) is 0 Å². The van der Waals surface area contributed by atoms with Crippen molar-refractivity contribution in [3.05, 3.63) is 12.2 Å². The van der Waals surface area contributed by atoms with E-state index < -0.39 is 0 Å². The Balaban J connectivity index is 2.22. The summed E-state index contributed by atoms with van der Waals surface area (Å²) in [6, 6.07) is 0.569. The van der Waals surface area contributed by atoms with Crippen LogP contribution in [0.1, 0.15) is 19.8 Å². The monoisotopic (exact) mass is 154 g/mol. The molecule has 0 heterocycles. The Hall–Kier alpha value is -0.830. The minimum atomic E-state index is -0.0538. The number of amides is 1. The van der Waals surface area contributed by atoms with Crippen LogP contribution in [0.15, 0.2) is 12.2 Å². The Morgan fingerprint density at radius 2 is 2.18 bits per heavy atom. The Morgan fingerprint density at radius 1 is 1.64 bits per heavy atom. The summed E-state index contributed by atoms with van der Waals surface area (Å²) in [5.74, 6) is -0.0538. The minimum Gasteiger partial charge on any atom is -0.349 e. The van der Waals surface area contributed by atoms with E-state index in [1.54, 1.807) is 6.92 Å². The highest BCUT2D eigenvalue weighted by Crippen LogP contribution is 2.17. The van der Waals surface area contributed by atoms with Crippen molar-refractivity contribution in [2.45, 2.75) is 31.8 Å². The number of hydrogen-bond donors (Lipinski definition) is 2. The minimum absolute atomic E-state index is 0.0538. The average Bonchev–Trinajstić information content (AvgIpc) is 1.84. The van der Waals surface area contributed by atoms with Crippen LogP contribution in [0.25, 0.3) is 0 Å². The van der Waals surface area contributed by atoms with Crippen molar-refractivity contribution in [1.82, 2.24) is 5.32 Å². The van der Waals surface area contributed by atoms with Crippen molar-refractivity contribution >= 4 is 5.91 Å². The first kappa shape index (κ1) is 8.27. The lowest BCUT2D eigenvalue weighted by molar-refractivity contribution is -0.118. The fraction of sp³-hybridized carbons (Fsp3) is 0.625. The second-order valence-electron chi connectivity index (χ2n) is 3.18. The number of carbonyl (C=O) groups is 1. The van der Waals surface area contributed by atoms with Crippen LogP contribution in [0.5, 0.6) is 0 Å². The van der Waals surface area contributed by atoms with E-state index in [-0.39, 0.29) is 18.0 Å². The van der Waals surface area contributed by atoms with Gasteiger partial charge in [0.1, 0.15) is 0 Å². The van der Waals surface area contributed by atoms with Gasteiger partial charge in [-0.3, -0.25) is 4.79 Å². The standard InChI is InChI=1S/C8H14N2O/c1-5(2)8(11)10-7-3-6(9)4-7/h6-7H,1,3-4,9H2,2H3,(H,10,11). The molecule has 0 spiro atoms. The first-order valence-corrected chi connectivity index (χ1v) is 3.81. The number of carbonyl (C=O) groups excluding carboxylic acids is 1. The molecule has 3 N–H and O–H groups in total. The van der Waals surface area contributed by atoms with E-state index in [1.807, 2.05) is 0 Å². The van der Waals surface area contributed by atoms with Crippen molar-refractivity contribution in [2.75, 3.05) is 0 Å². The maximum absolute atomic E-state index is 11.0. The van der Waals surface area contributed by atoms with Gasteiger partial charge in [0, 0.05) is 17.7 Å². The van der Waals surface area contributed by atoms with Gasteiger partial charge in [-0.1, -0.05) is 6.58 Å². The summed E-state index contributed by atoms with van der Waals surface area (Å²) >= 11 is 0. The summed E-state index contributed by atoms with van der Waals surface area (Å²) in [7, 11) is 0. The van der Waals surface area contributed by atoms with E-state index in [4.69, 9.17) is 5.73 Å². The Morgan fingerprint density at radius 3 is 2.55 bits per heavy atom. The fourth-order valence-electron chi connectivity index (χ4n) is 1.09. The van der Waals surface area contributed by atoms with Gasteiger partial charge >= 0.3 is 0 Å². The largest absolute Gasteiger partial charge is 0.349 e. The Kier molecular flexibility index (Phi) is 2.29. The zero-order chi connectivity index (χ0) is 8.43. The fourth-order valence-corrected chi connectivity index (χ4v) is 1.09. The third-order valence-electron chi connectivity index (χ3n) is 1.90. The molecule has 0 radical (unpaired) electrons. The zero-order valence-electron chi connectivity index (χ0n) is 6.76. The lowest BCUT2D eigenvalue weighted by Gasteiger charge is -2.32. The van der Waals surface area contributed by atoms with Gasteiger partial charge in [-0.25, -0.2) is 0 Å². The number of hydrogen-bond acceptors (Lipinski definition) is 2. The van der Waals surface area contributed by atoms with Crippen molar-refractivity contribution in [3.63, 3.8) is 0 Å². The van der Waals surface area contributed by atoms with Crippen LogP contribution in [0.4, 0.5) is 0 Å². The number of nitrogens with two attached hydrogens (primary N) is 1. The first-order chi connectivity index (χ1) is 5.09. The molecule has 0 bridgehead atoms. The summed E-state index contributed by atoms with van der Waals surface area (Å²) in [5.41, 5.74) is 6.11. The molecule has 1 aliphatic carbocycles. The van der Waals surface area contributed by atoms with Crippen LogP contribution in [0.2, 0.25) is 0 Å². The van der Waals surface area contributed by atoms with Crippen molar-refractivity contribution in [3.8, 4) is 0 Å². The van der Waals surface area contributed by atoms with Crippen molar-refractivity contribution in [2.24, 2.45) is 5.73 Å². The summed E-state index contributed by atoms with van der Waals surface area (Å²) in [4.78, 5) is 11.0. The molecule has 1 saturated carbocycles. The molecule has 1 rings (SSSR count). The predicted octanol–water partition coefficient (Wildman–Crippen LogP) is 0.168. The van der Waals surface area contributed by atoms with E-state index in [2.05, 4.69) is 11.9 Å². The highest BCUT2D eigenvalue weighted by Gasteiger charge is 2.26. The second-order valence-corrected chi connectivity index (χ2v) is 3.18. The molecule has 0 aromatic rings. The SMILES string of the molecule is C=C(C)C(=O)NC1CC(N)C1. The van der Waals surface area contributed by atoms with Crippen LogP contribution in [-0.4, -0.2) is 18.0 Å². The quantitative estimate of drug-likeness (QED) is 0.557. The van der Waals surface area contributed by atoms with Gasteiger partial charge in [0.25, 0.3) is 0 Å². The molecule has 0 unspecified atom stereocenters. The third kappa shape index (κ3) is 2.05. The van der Waals surface area contributed by atoms with E-state index in [0.717, 1.165) is 12.8 Å². The molecular weight excluding hydrogens is 140 g/mol. The zero-order valence-corrected chi connectivity index (χ0v) is 6.76. The van der Waals surface area contributed by atoms with Crippen molar-refractivity contribution in [1.29, 1.82) is 0 Å². The summed E-state index contributed by atoms with van der Waals surface area (Å²) in [6.45, 7) is 5.24. The normalized spacial score (nSPS) is 28.9. The molecule has 0 aromatic heterocycles. The molecule has 1 amide bonds. The summed E-state index contributed by atoms with van der Waals surface area (Å²) in [5, 5.41) is 2.83. The molecule has 1 fully saturated rings. The van der Waals surface area contributed by atoms with Crippen LogP contribution in [0, 0.1) is 0 Å². The highest BCUT2D eigenvalue weighted by atomic mass is 16.1. The van der Waals surface area contributed by atoms with Gasteiger partial charge in [-0.05, 0) is 19.8 Å². The molecule has 3 heteroatoms. The number of rotatable bonds is 2. The van der Waals surface area contributed by atoms with Gasteiger partial charge < -0.3 is 11.1 Å². The molecule has 3 nitrogen and oxygen atoms in total. The Bertz CT molecular complexity index is 183. The van der Waals surface area contributed by atoms with Crippen LogP contribution in [-0.2, 0) is 4.79 Å². The lowest BCUT2D eigenvalue weighted by atomic mass is 9.87. The molecule has 62 valence electrons. The predicted molar refractivity (Wildman–Crippen MR) is 44.0 cm³/mol. The maximum atomic E-state index is 11.0. The van der Waals surface area contributed by atoms with Gasteiger partial charge in [-0.15, -0.1) is 0 Å². The second kappa shape index (κ2) is 3.05. The van der Waals surface area contributed by atoms with Gasteiger partial charge in [0.15, 0.2) is 0 Å². The summed E-state index contributed by atoms with van der Waals surface area (Å²) in [6.07, 6.45) is 1.80. The Labute approximate surface area is 66.6 Å². The molecule has 0 saturated heterocycles. The molecule has 1 aliphatic rings. The van der Waals surface area contributed by atoms with Gasteiger partial charge in [0.05, 0.1) is 0 Å². The first-order valence-electron chi connectivity index (χ1n) is 3.81. The molecule has 11 heavy (non-hydrogen) atoms. The van der Waals surface area contributed by atoms with Gasteiger partial charge in [0.2, 0.25) is 5.91 Å². The molecule has 0 aromatic carbocycles. The van der Waals surface area contributed by atoms with Gasteiger partial charge in [-0.2, -0.15) is 0 Å². The van der Waals surface area contributed by atoms with E-state index in [9.17, 15) is 4.79 Å². The van der Waals surface area contributed by atoms with E-state index in [0.29, 0.717) is 5.57 Å². The van der Waals surface area contributed by atoms with E-state index in [1.165, 1.54) is 0 Å². The molecular formula is C8H14N2O. The molecule has 0 aliphatic heterocycles. The van der Waals surface area contributed by atoms with Crippen LogP contribution >= 0.6 is 0 Å². The van der Waals surface area contributed by atoms with Crippen molar-refractivity contribution < 1.29 is 4.79 Å². The summed E-state index contributed by atoms with van der Waals surface area (Å²) < 4.78 is 0. The molecule has 0 atom stereocenters. The third-order valence-corrected chi connectivity index (χ3v) is 1.90. The number of nitrogens with one attached hydrogen (secondary N) is 1. The highest BCUT2D eigenvalue weighted by molar-refractivity contribution is 5.92.